The van der Waals surface area contributed by atoms with Crippen LogP contribution >= 0.6 is 0 Å². The minimum Gasteiger partial charge on any atom is -0.348 e. The van der Waals surface area contributed by atoms with E-state index >= 15 is 0 Å². The van der Waals surface area contributed by atoms with E-state index in [1.165, 1.54) is 0 Å². The number of hydrogen-bond donors (Lipinski definition) is 3. The van der Waals surface area contributed by atoms with E-state index in [-0.39, 0.29) is 23.8 Å². The molecule has 32 heavy (non-hydrogen) atoms. The number of carbonyl (C=O) groups excluding carboxylic acids is 2. The highest BCUT2D eigenvalue weighted by atomic mass is 16.2. The first-order chi connectivity index (χ1) is 15.5. The van der Waals surface area contributed by atoms with Crippen molar-refractivity contribution in [2.45, 2.75) is 26.7 Å². The van der Waals surface area contributed by atoms with Crippen molar-refractivity contribution in [2.24, 2.45) is 5.92 Å². The molecule has 4 aromatic rings. The number of aromatic nitrogens is 5. The molecule has 3 aromatic heterocycles. The quantitative estimate of drug-likeness (QED) is 0.321. The summed E-state index contributed by atoms with van der Waals surface area (Å²) in [6.07, 6.45) is 4.17. The van der Waals surface area contributed by atoms with Gasteiger partial charge in [0, 0.05) is 24.4 Å². The van der Waals surface area contributed by atoms with Crippen molar-refractivity contribution in [1.29, 1.82) is 0 Å². The predicted octanol–water partition coefficient (Wildman–Crippen LogP) is 3.76. The van der Waals surface area contributed by atoms with Gasteiger partial charge < -0.3 is 9.97 Å². The standard InChI is InChI=1S/C24H22N6O2/c1-15(2)6-3-7-16-8-4-11-19(27-16)23(32)30-24-28-18-10-5-9-17(22(18)29-24)20(31)14-21-25-12-13-26-21/h4-5,8-13,15H,6,14H2,1-2H3,(H,25,26)(H2,28,29,30,32). The number of H-pyrrole nitrogens is 2. The van der Waals surface area contributed by atoms with Crippen molar-refractivity contribution in [2.75, 3.05) is 5.32 Å². The van der Waals surface area contributed by atoms with Crippen LogP contribution in [0.2, 0.25) is 0 Å². The molecule has 0 bridgehead atoms. The fourth-order valence-electron chi connectivity index (χ4n) is 3.11. The first-order valence-electron chi connectivity index (χ1n) is 10.3. The third kappa shape index (κ3) is 4.90. The second-order valence-electron chi connectivity index (χ2n) is 7.68. The zero-order valence-electron chi connectivity index (χ0n) is 17.8. The number of nitrogens with zero attached hydrogens (tertiary/aromatic N) is 3. The molecule has 3 heterocycles. The van der Waals surface area contributed by atoms with Crippen molar-refractivity contribution in [3.63, 3.8) is 0 Å². The van der Waals surface area contributed by atoms with Crippen molar-refractivity contribution < 1.29 is 9.59 Å². The molecule has 0 saturated carbocycles. The summed E-state index contributed by atoms with van der Waals surface area (Å²) in [5, 5.41) is 2.71. The molecule has 0 aliphatic rings. The molecule has 0 fully saturated rings. The lowest BCUT2D eigenvalue weighted by atomic mass is 10.1. The summed E-state index contributed by atoms with van der Waals surface area (Å²) < 4.78 is 0. The summed E-state index contributed by atoms with van der Waals surface area (Å²) >= 11 is 0. The van der Waals surface area contributed by atoms with E-state index in [2.05, 4.69) is 55.9 Å². The minimum atomic E-state index is -0.417. The number of amides is 1. The Morgan fingerprint density at radius 1 is 1.12 bits per heavy atom. The van der Waals surface area contributed by atoms with Crippen LogP contribution in [0, 0.1) is 17.8 Å². The smallest absolute Gasteiger partial charge is 0.276 e. The van der Waals surface area contributed by atoms with Gasteiger partial charge in [0.25, 0.3) is 5.91 Å². The lowest BCUT2D eigenvalue weighted by molar-refractivity contribution is 0.0990. The van der Waals surface area contributed by atoms with Crippen LogP contribution in [0.5, 0.6) is 0 Å². The SMILES string of the molecule is CC(C)CC#Cc1cccc(C(=O)Nc2nc3c(C(=O)Cc4ncc[nH]4)cccc3[nH]2)n1. The molecule has 4 rings (SSSR count). The van der Waals surface area contributed by atoms with Crippen LogP contribution in [0.25, 0.3) is 11.0 Å². The largest absolute Gasteiger partial charge is 0.348 e. The van der Waals surface area contributed by atoms with Gasteiger partial charge in [0.2, 0.25) is 5.95 Å². The van der Waals surface area contributed by atoms with Gasteiger partial charge in [0.05, 0.1) is 11.9 Å². The zero-order valence-corrected chi connectivity index (χ0v) is 17.8. The van der Waals surface area contributed by atoms with Crippen LogP contribution < -0.4 is 5.32 Å². The summed E-state index contributed by atoms with van der Waals surface area (Å²) in [4.78, 5) is 44.2. The second-order valence-corrected chi connectivity index (χ2v) is 7.68. The summed E-state index contributed by atoms with van der Waals surface area (Å²) in [6.45, 7) is 4.19. The van der Waals surface area contributed by atoms with E-state index in [1.807, 2.05) is 0 Å². The van der Waals surface area contributed by atoms with E-state index < -0.39 is 5.91 Å². The second kappa shape index (κ2) is 9.27. The van der Waals surface area contributed by atoms with Gasteiger partial charge in [0.1, 0.15) is 22.7 Å². The number of carbonyl (C=O) groups is 2. The highest BCUT2D eigenvalue weighted by Crippen LogP contribution is 2.20. The maximum absolute atomic E-state index is 12.7. The highest BCUT2D eigenvalue weighted by Gasteiger charge is 2.17. The van der Waals surface area contributed by atoms with Gasteiger partial charge in [-0.05, 0) is 36.1 Å². The number of para-hydroxylation sites is 1. The van der Waals surface area contributed by atoms with E-state index in [0.717, 1.165) is 6.42 Å². The third-order valence-corrected chi connectivity index (χ3v) is 4.64. The Balaban J connectivity index is 1.53. The number of imidazole rings is 2. The first kappa shape index (κ1) is 21.0. The molecule has 8 heteroatoms. The highest BCUT2D eigenvalue weighted by molar-refractivity contribution is 6.08. The molecular weight excluding hydrogens is 404 g/mol. The summed E-state index contributed by atoms with van der Waals surface area (Å²) in [5.74, 6) is 6.80. The number of hydrogen-bond acceptors (Lipinski definition) is 5. The molecule has 0 saturated heterocycles. The summed E-state index contributed by atoms with van der Waals surface area (Å²) in [6, 6.07) is 10.4. The number of nitrogens with one attached hydrogen (secondary N) is 3. The molecule has 0 spiro atoms. The van der Waals surface area contributed by atoms with Crippen LogP contribution in [0.3, 0.4) is 0 Å². The molecule has 0 aliphatic heterocycles. The van der Waals surface area contributed by atoms with E-state index in [9.17, 15) is 9.59 Å². The van der Waals surface area contributed by atoms with E-state index in [1.54, 1.807) is 48.8 Å². The Morgan fingerprint density at radius 2 is 1.97 bits per heavy atom. The van der Waals surface area contributed by atoms with Crippen molar-refractivity contribution >= 4 is 28.7 Å². The summed E-state index contributed by atoms with van der Waals surface area (Å²) in [7, 11) is 0. The van der Waals surface area contributed by atoms with Crippen LogP contribution in [-0.4, -0.2) is 36.6 Å². The van der Waals surface area contributed by atoms with Gasteiger partial charge in [-0.2, -0.15) is 0 Å². The Kier molecular flexibility index (Phi) is 6.08. The maximum atomic E-state index is 12.7. The number of pyridine rings is 1. The number of rotatable bonds is 6. The van der Waals surface area contributed by atoms with Gasteiger partial charge in [-0.3, -0.25) is 14.9 Å². The maximum Gasteiger partial charge on any atom is 0.276 e. The molecule has 160 valence electrons. The molecule has 0 aliphatic carbocycles. The van der Waals surface area contributed by atoms with Gasteiger partial charge in [-0.1, -0.05) is 31.9 Å². The van der Waals surface area contributed by atoms with Crippen molar-refractivity contribution in [3.05, 3.63) is 71.6 Å². The molecule has 0 radical (unpaired) electrons. The number of aromatic amines is 2. The van der Waals surface area contributed by atoms with Crippen LogP contribution in [0.4, 0.5) is 5.95 Å². The Labute approximate surface area is 184 Å². The van der Waals surface area contributed by atoms with Crippen LogP contribution in [0.15, 0.2) is 48.8 Å². The Morgan fingerprint density at radius 3 is 2.75 bits per heavy atom. The number of Topliss-reactive ketones (excluding diaryl/α,β-unsaturated/α-hetero) is 1. The zero-order chi connectivity index (χ0) is 22.5. The molecule has 0 unspecified atom stereocenters. The Bertz CT molecular complexity index is 1330. The average molecular weight is 426 g/mol. The fourth-order valence-corrected chi connectivity index (χ4v) is 3.11. The van der Waals surface area contributed by atoms with Crippen molar-refractivity contribution in [3.8, 4) is 11.8 Å². The van der Waals surface area contributed by atoms with Gasteiger partial charge >= 0.3 is 0 Å². The normalized spacial score (nSPS) is 10.7. The third-order valence-electron chi connectivity index (χ3n) is 4.64. The molecule has 0 atom stereocenters. The topological polar surface area (TPSA) is 116 Å². The predicted molar refractivity (Wildman–Crippen MR) is 121 cm³/mol. The lowest BCUT2D eigenvalue weighted by Gasteiger charge is -2.01. The Hall–Kier alpha value is -4.25. The minimum absolute atomic E-state index is 0.121. The molecular formula is C24H22N6O2. The number of fused-ring (bicyclic) bond motifs is 1. The number of ketones is 1. The molecule has 8 nitrogen and oxygen atoms in total. The van der Waals surface area contributed by atoms with Gasteiger partial charge in [0.15, 0.2) is 5.78 Å². The van der Waals surface area contributed by atoms with Crippen LogP contribution in [-0.2, 0) is 6.42 Å². The fraction of sp³-hybridized carbons (Fsp3) is 0.208. The molecule has 1 aromatic carbocycles. The van der Waals surface area contributed by atoms with E-state index in [4.69, 9.17) is 0 Å². The average Bonchev–Trinajstić information content (AvgIpc) is 3.42. The molecule has 1 amide bonds. The molecule has 3 N–H and O–H groups in total. The number of anilines is 1. The first-order valence-corrected chi connectivity index (χ1v) is 10.3. The van der Waals surface area contributed by atoms with E-state index in [0.29, 0.717) is 34.0 Å². The van der Waals surface area contributed by atoms with Gasteiger partial charge in [-0.25, -0.2) is 15.0 Å². The monoisotopic (exact) mass is 426 g/mol. The summed E-state index contributed by atoms with van der Waals surface area (Å²) in [5.41, 5.74) is 2.35. The van der Waals surface area contributed by atoms with Gasteiger partial charge in [-0.15, -0.1) is 0 Å². The lowest BCUT2D eigenvalue weighted by Crippen LogP contribution is -2.15. The van der Waals surface area contributed by atoms with Crippen molar-refractivity contribution in [1.82, 2.24) is 24.9 Å². The number of benzene rings is 1. The van der Waals surface area contributed by atoms with Crippen LogP contribution in [0.1, 0.15) is 52.6 Å².